The van der Waals surface area contributed by atoms with Crippen molar-refractivity contribution in [1.82, 2.24) is 5.32 Å². The minimum Gasteiger partial charge on any atom is -0.461 e. The minimum absolute atomic E-state index is 0.195. The van der Waals surface area contributed by atoms with Gasteiger partial charge in [0.05, 0.1) is 13.2 Å². The molecular formula is C14H20N2O5. The zero-order valence-corrected chi connectivity index (χ0v) is 12.0. The Kier molecular flexibility index (Phi) is 7.85. The molecule has 0 saturated heterocycles. The Morgan fingerprint density at radius 3 is 2.52 bits per heavy atom. The standard InChI is InChI=1S/C14H20N2O5/c1-11(17)20-10-12-2-4-13(5-3-12)21-14(18)16-7-9-19-8-6-15/h2-5H,6-10,15H2,1H3,(H,16,18). The second-order valence-electron chi connectivity index (χ2n) is 4.14. The molecule has 0 fully saturated rings. The first-order chi connectivity index (χ1) is 10.1. The van der Waals surface area contributed by atoms with Crippen molar-refractivity contribution in [2.45, 2.75) is 13.5 Å². The summed E-state index contributed by atoms with van der Waals surface area (Å²) >= 11 is 0. The van der Waals surface area contributed by atoms with Crippen LogP contribution in [0.5, 0.6) is 5.75 Å². The van der Waals surface area contributed by atoms with Gasteiger partial charge in [-0.15, -0.1) is 0 Å². The van der Waals surface area contributed by atoms with Gasteiger partial charge < -0.3 is 25.3 Å². The Morgan fingerprint density at radius 1 is 1.19 bits per heavy atom. The van der Waals surface area contributed by atoms with Gasteiger partial charge >= 0.3 is 12.1 Å². The summed E-state index contributed by atoms with van der Waals surface area (Å²) in [6.45, 7) is 3.18. The van der Waals surface area contributed by atoms with Crippen LogP contribution in [0.1, 0.15) is 12.5 Å². The number of benzene rings is 1. The molecule has 0 aromatic heterocycles. The Morgan fingerprint density at radius 2 is 1.90 bits per heavy atom. The smallest absolute Gasteiger partial charge is 0.412 e. The molecule has 3 N–H and O–H groups in total. The van der Waals surface area contributed by atoms with Crippen LogP contribution in [-0.2, 0) is 20.9 Å². The van der Waals surface area contributed by atoms with Crippen LogP contribution in [-0.4, -0.2) is 38.4 Å². The first-order valence-corrected chi connectivity index (χ1v) is 6.57. The van der Waals surface area contributed by atoms with Gasteiger partial charge in [0.15, 0.2) is 0 Å². The number of amides is 1. The molecule has 1 aromatic rings. The Balaban J connectivity index is 2.27. The van der Waals surface area contributed by atoms with E-state index in [1.165, 1.54) is 6.92 Å². The maximum absolute atomic E-state index is 11.5. The molecule has 1 rings (SSSR count). The van der Waals surface area contributed by atoms with Crippen molar-refractivity contribution in [3.63, 3.8) is 0 Å². The van der Waals surface area contributed by atoms with Crippen molar-refractivity contribution in [2.24, 2.45) is 5.73 Å². The predicted octanol–water partition coefficient (Wildman–Crippen LogP) is 0.813. The molecular weight excluding hydrogens is 276 g/mol. The van der Waals surface area contributed by atoms with Gasteiger partial charge in [0.1, 0.15) is 12.4 Å². The summed E-state index contributed by atoms with van der Waals surface area (Å²) < 4.78 is 15.0. The van der Waals surface area contributed by atoms with E-state index in [4.69, 9.17) is 19.9 Å². The van der Waals surface area contributed by atoms with Crippen molar-refractivity contribution in [3.05, 3.63) is 29.8 Å². The van der Waals surface area contributed by atoms with Gasteiger partial charge in [-0.05, 0) is 17.7 Å². The minimum atomic E-state index is -0.556. The maximum Gasteiger partial charge on any atom is 0.412 e. The molecule has 116 valence electrons. The molecule has 0 atom stereocenters. The number of nitrogens with one attached hydrogen (secondary N) is 1. The molecule has 0 aliphatic rings. The Labute approximate surface area is 123 Å². The lowest BCUT2D eigenvalue weighted by atomic mass is 10.2. The number of carbonyl (C=O) groups is 2. The first-order valence-electron chi connectivity index (χ1n) is 6.57. The number of nitrogens with two attached hydrogens (primary N) is 1. The highest BCUT2D eigenvalue weighted by Gasteiger charge is 2.04. The van der Waals surface area contributed by atoms with E-state index in [0.29, 0.717) is 32.1 Å². The second-order valence-corrected chi connectivity index (χ2v) is 4.14. The summed E-state index contributed by atoms with van der Waals surface area (Å²) in [5, 5.41) is 2.55. The van der Waals surface area contributed by atoms with Gasteiger partial charge in [-0.1, -0.05) is 12.1 Å². The quantitative estimate of drug-likeness (QED) is 0.544. The molecule has 1 amide bonds. The fourth-order valence-corrected chi connectivity index (χ4v) is 1.39. The van der Waals surface area contributed by atoms with Crippen LogP contribution in [0.2, 0.25) is 0 Å². The molecule has 0 spiro atoms. The molecule has 0 radical (unpaired) electrons. The largest absolute Gasteiger partial charge is 0.461 e. The Hall–Kier alpha value is -2.12. The lowest BCUT2D eigenvalue weighted by Gasteiger charge is -2.08. The maximum atomic E-state index is 11.5. The van der Waals surface area contributed by atoms with Crippen molar-refractivity contribution in [2.75, 3.05) is 26.3 Å². The average molecular weight is 296 g/mol. The van der Waals surface area contributed by atoms with E-state index in [1.807, 2.05) is 0 Å². The molecule has 0 unspecified atom stereocenters. The molecule has 0 bridgehead atoms. The molecule has 1 aromatic carbocycles. The Bertz CT molecular complexity index is 447. The van der Waals surface area contributed by atoms with Crippen molar-refractivity contribution in [1.29, 1.82) is 0 Å². The summed E-state index contributed by atoms with van der Waals surface area (Å²) in [5.41, 5.74) is 6.07. The molecule has 7 nitrogen and oxygen atoms in total. The number of carbonyl (C=O) groups excluding carboxylic acids is 2. The highest BCUT2D eigenvalue weighted by molar-refractivity contribution is 5.70. The van der Waals surface area contributed by atoms with Crippen LogP contribution in [0.3, 0.4) is 0 Å². The van der Waals surface area contributed by atoms with Gasteiger partial charge in [-0.3, -0.25) is 4.79 Å². The van der Waals surface area contributed by atoms with Crippen LogP contribution in [0.15, 0.2) is 24.3 Å². The highest BCUT2D eigenvalue weighted by atomic mass is 16.6. The molecule has 0 heterocycles. The van der Waals surface area contributed by atoms with Crippen LogP contribution in [0, 0.1) is 0 Å². The highest BCUT2D eigenvalue weighted by Crippen LogP contribution is 2.13. The van der Waals surface area contributed by atoms with Crippen LogP contribution < -0.4 is 15.8 Å². The zero-order valence-electron chi connectivity index (χ0n) is 12.0. The molecule has 7 heteroatoms. The van der Waals surface area contributed by atoms with Crippen molar-refractivity contribution in [3.8, 4) is 5.75 Å². The monoisotopic (exact) mass is 296 g/mol. The second kappa shape index (κ2) is 9.73. The van der Waals surface area contributed by atoms with Crippen LogP contribution in [0.4, 0.5) is 4.79 Å². The molecule has 0 saturated carbocycles. The van der Waals surface area contributed by atoms with E-state index >= 15 is 0 Å². The fraction of sp³-hybridized carbons (Fsp3) is 0.429. The molecule has 21 heavy (non-hydrogen) atoms. The number of rotatable bonds is 8. The summed E-state index contributed by atoms with van der Waals surface area (Å²) in [6, 6.07) is 6.69. The molecule has 0 aliphatic carbocycles. The lowest BCUT2D eigenvalue weighted by molar-refractivity contribution is -0.142. The number of ether oxygens (including phenoxy) is 3. The first kappa shape index (κ1) is 16.9. The van der Waals surface area contributed by atoms with Gasteiger partial charge in [-0.25, -0.2) is 4.79 Å². The van der Waals surface area contributed by atoms with E-state index in [9.17, 15) is 9.59 Å². The van der Waals surface area contributed by atoms with E-state index in [2.05, 4.69) is 5.32 Å². The number of hydrogen-bond donors (Lipinski definition) is 2. The van der Waals surface area contributed by atoms with Gasteiger partial charge in [-0.2, -0.15) is 0 Å². The third-order valence-electron chi connectivity index (χ3n) is 2.35. The summed E-state index contributed by atoms with van der Waals surface area (Å²) in [5.74, 6) is 0.0634. The van der Waals surface area contributed by atoms with E-state index in [-0.39, 0.29) is 12.6 Å². The molecule has 0 aliphatic heterocycles. The van der Waals surface area contributed by atoms with Gasteiger partial charge in [0, 0.05) is 20.0 Å². The summed E-state index contributed by atoms with van der Waals surface area (Å²) in [6.07, 6.45) is -0.556. The normalized spacial score (nSPS) is 10.0. The SMILES string of the molecule is CC(=O)OCc1ccc(OC(=O)NCCOCCN)cc1. The van der Waals surface area contributed by atoms with E-state index in [1.54, 1.807) is 24.3 Å². The van der Waals surface area contributed by atoms with Crippen LogP contribution >= 0.6 is 0 Å². The lowest BCUT2D eigenvalue weighted by Crippen LogP contribution is -2.30. The van der Waals surface area contributed by atoms with Crippen molar-refractivity contribution >= 4 is 12.1 Å². The van der Waals surface area contributed by atoms with Crippen LogP contribution in [0.25, 0.3) is 0 Å². The third kappa shape index (κ3) is 7.91. The number of hydrogen-bond acceptors (Lipinski definition) is 6. The van der Waals surface area contributed by atoms with Gasteiger partial charge in [0.2, 0.25) is 0 Å². The average Bonchev–Trinajstić information content (AvgIpc) is 2.46. The predicted molar refractivity (Wildman–Crippen MR) is 75.8 cm³/mol. The van der Waals surface area contributed by atoms with Crippen molar-refractivity contribution < 1.29 is 23.8 Å². The van der Waals surface area contributed by atoms with E-state index < -0.39 is 6.09 Å². The summed E-state index contributed by atoms with van der Waals surface area (Å²) in [4.78, 5) is 22.1. The van der Waals surface area contributed by atoms with E-state index in [0.717, 1.165) is 5.56 Å². The fourth-order valence-electron chi connectivity index (χ4n) is 1.39. The number of esters is 1. The third-order valence-corrected chi connectivity index (χ3v) is 2.35. The topological polar surface area (TPSA) is 99.9 Å². The zero-order chi connectivity index (χ0) is 15.5. The summed E-state index contributed by atoms with van der Waals surface area (Å²) in [7, 11) is 0. The van der Waals surface area contributed by atoms with Gasteiger partial charge in [0.25, 0.3) is 0 Å².